The van der Waals surface area contributed by atoms with E-state index in [1.54, 1.807) is 0 Å². The summed E-state index contributed by atoms with van der Waals surface area (Å²) in [7, 11) is 0. The van der Waals surface area contributed by atoms with E-state index in [2.05, 4.69) is 46.4 Å². The Labute approximate surface area is 162 Å². The number of aromatic nitrogens is 2. The van der Waals surface area contributed by atoms with E-state index in [4.69, 9.17) is 4.98 Å². The van der Waals surface area contributed by atoms with Gasteiger partial charge in [-0.1, -0.05) is 0 Å². The molecule has 2 fully saturated rings. The van der Waals surface area contributed by atoms with Crippen molar-refractivity contribution in [3.63, 3.8) is 0 Å². The molecular formula is C22H30N4O. The van der Waals surface area contributed by atoms with Crippen LogP contribution >= 0.6 is 0 Å². The zero-order chi connectivity index (χ0) is 18.8. The molecule has 0 atom stereocenters. The summed E-state index contributed by atoms with van der Waals surface area (Å²) >= 11 is 0. The quantitative estimate of drug-likeness (QED) is 0.831. The number of amides is 1. The lowest BCUT2D eigenvalue weighted by Gasteiger charge is -2.36. The molecule has 0 unspecified atom stereocenters. The van der Waals surface area contributed by atoms with Gasteiger partial charge in [-0.3, -0.25) is 4.79 Å². The molecule has 0 spiro atoms. The second kappa shape index (κ2) is 7.75. The highest BCUT2D eigenvalue weighted by Crippen LogP contribution is 2.30. The fourth-order valence-corrected chi connectivity index (χ4v) is 4.57. The molecule has 2 aromatic heterocycles. The first kappa shape index (κ1) is 18.1. The van der Waals surface area contributed by atoms with E-state index in [-0.39, 0.29) is 5.92 Å². The summed E-state index contributed by atoms with van der Waals surface area (Å²) < 4.78 is 2.27. The van der Waals surface area contributed by atoms with Gasteiger partial charge in [-0.15, -0.1) is 0 Å². The Balaban J connectivity index is 1.48. The minimum atomic E-state index is 0.182. The molecule has 4 rings (SSSR count). The van der Waals surface area contributed by atoms with Gasteiger partial charge in [-0.2, -0.15) is 0 Å². The molecule has 5 nitrogen and oxygen atoms in total. The molecule has 0 aromatic carbocycles. The number of anilines is 1. The minimum Gasteiger partial charge on any atom is -0.355 e. The largest absolute Gasteiger partial charge is 0.355 e. The van der Waals surface area contributed by atoms with Crippen LogP contribution < -0.4 is 4.90 Å². The molecule has 27 heavy (non-hydrogen) atoms. The molecule has 2 aliphatic heterocycles. The molecule has 0 saturated carbocycles. The van der Waals surface area contributed by atoms with Gasteiger partial charge >= 0.3 is 0 Å². The number of piperidine rings is 2. The lowest BCUT2D eigenvalue weighted by atomic mass is 9.94. The molecule has 5 heteroatoms. The zero-order valence-corrected chi connectivity index (χ0v) is 16.5. The van der Waals surface area contributed by atoms with Crippen molar-refractivity contribution in [1.82, 2.24) is 14.5 Å². The van der Waals surface area contributed by atoms with Crippen molar-refractivity contribution < 1.29 is 4.79 Å². The molecule has 0 radical (unpaired) electrons. The van der Waals surface area contributed by atoms with Crippen LogP contribution in [0.15, 0.2) is 30.5 Å². The van der Waals surface area contributed by atoms with Gasteiger partial charge in [0.05, 0.1) is 5.69 Å². The molecule has 2 aromatic rings. The van der Waals surface area contributed by atoms with Gasteiger partial charge in [0.15, 0.2) is 5.82 Å². The predicted octanol–water partition coefficient (Wildman–Crippen LogP) is 3.72. The van der Waals surface area contributed by atoms with E-state index in [9.17, 15) is 4.79 Å². The zero-order valence-electron chi connectivity index (χ0n) is 16.5. The topological polar surface area (TPSA) is 41.4 Å². The van der Waals surface area contributed by atoms with Crippen LogP contribution in [0.25, 0.3) is 5.69 Å². The van der Waals surface area contributed by atoms with Gasteiger partial charge in [0.1, 0.15) is 0 Å². The van der Waals surface area contributed by atoms with Crippen LogP contribution in [0.3, 0.4) is 0 Å². The van der Waals surface area contributed by atoms with Crippen LogP contribution in [0.1, 0.15) is 43.5 Å². The molecular weight excluding hydrogens is 336 g/mol. The summed E-state index contributed by atoms with van der Waals surface area (Å²) in [5.74, 6) is 1.60. The van der Waals surface area contributed by atoms with E-state index in [1.165, 1.54) is 17.8 Å². The number of hydrogen-bond acceptors (Lipinski definition) is 3. The normalized spacial score (nSPS) is 18.7. The Morgan fingerprint density at radius 3 is 2.30 bits per heavy atom. The van der Waals surface area contributed by atoms with Crippen molar-refractivity contribution in [3.05, 3.63) is 41.9 Å². The van der Waals surface area contributed by atoms with Gasteiger partial charge in [0.2, 0.25) is 5.91 Å². The van der Waals surface area contributed by atoms with Gasteiger partial charge in [0, 0.05) is 49.7 Å². The highest BCUT2D eigenvalue weighted by molar-refractivity contribution is 5.79. The SMILES string of the molecule is Cc1ccc(C)n1-c1cccnc1N1CCC(C(=O)N2CCCCC2)CC1. The number of rotatable bonds is 3. The van der Waals surface area contributed by atoms with Crippen LogP contribution in [-0.4, -0.2) is 46.5 Å². The molecule has 144 valence electrons. The third-order valence-corrected chi connectivity index (χ3v) is 6.09. The summed E-state index contributed by atoms with van der Waals surface area (Å²) in [4.78, 5) is 22.0. The number of pyridine rings is 1. The first-order valence-electron chi connectivity index (χ1n) is 10.3. The first-order valence-corrected chi connectivity index (χ1v) is 10.3. The molecule has 2 aliphatic rings. The molecule has 2 saturated heterocycles. The van der Waals surface area contributed by atoms with Gasteiger partial charge in [-0.25, -0.2) is 4.98 Å². The van der Waals surface area contributed by atoms with Crippen molar-refractivity contribution in [2.45, 2.75) is 46.0 Å². The minimum absolute atomic E-state index is 0.182. The van der Waals surface area contributed by atoms with Crippen LogP contribution in [0.5, 0.6) is 0 Å². The maximum atomic E-state index is 12.8. The highest BCUT2D eigenvalue weighted by Gasteiger charge is 2.30. The molecule has 1 amide bonds. The number of nitrogens with zero attached hydrogens (tertiary/aromatic N) is 4. The molecule has 0 aliphatic carbocycles. The Bertz CT molecular complexity index is 779. The smallest absolute Gasteiger partial charge is 0.225 e. The Morgan fingerprint density at radius 1 is 0.963 bits per heavy atom. The van der Waals surface area contributed by atoms with Crippen molar-refractivity contribution in [1.29, 1.82) is 0 Å². The fraction of sp³-hybridized carbons (Fsp3) is 0.545. The summed E-state index contributed by atoms with van der Waals surface area (Å²) in [6, 6.07) is 8.45. The fourth-order valence-electron chi connectivity index (χ4n) is 4.57. The van der Waals surface area contributed by atoms with Gasteiger partial charge in [-0.05, 0) is 70.2 Å². The van der Waals surface area contributed by atoms with E-state index < -0.39 is 0 Å². The van der Waals surface area contributed by atoms with Crippen LogP contribution in [-0.2, 0) is 4.79 Å². The van der Waals surface area contributed by atoms with Crippen molar-refractivity contribution in [3.8, 4) is 5.69 Å². The summed E-state index contributed by atoms with van der Waals surface area (Å²) in [5.41, 5.74) is 3.58. The van der Waals surface area contributed by atoms with Crippen molar-refractivity contribution in [2.75, 3.05) is 31.1 Å². The third kappa shape index (κ3) is 3.60. The monoisotopic (exact) mass is 366 g/mol. The first-order chi connectivity index (χ1) is 13.1. The van der Waals surface area contributed by atoms with Crippen molar-refractivity contribution in [2.24, 2.45) is 5.92 Å². The summed E-state index contributed by atoms with van der Waals surface area (Å²) in [6.45, 7) is 7.97. The average Bonchev–Trinajstić information content (AvgIpc) is 3.06. The summed E-state index contributed by atoms with van der Waals surface area (Å²) in [6.07, 6.45) is 7.32. The Morgan fingerprint density at radius 2 is 1.63 bits per heavy atom. The number of carbonyl (C=O) groups is 1. The molecule has 4 heterocycles. The van der Waals surface area contributed by atoms with E-state index >= 15 is 0 Å². The predicted molar refractivity (Wildman–Crippen MR) is 108 cm³/mol. The maximum absolute atomic E-state index is 12.8. The van der Waals surface area contributed by atoms with E-state index in [1.807, 2.05) is 12.3 Å². The standard InChI is InChI=1S/C22H30N4O/c1-17-8-9-18(2)26(17)20-7-6-12-23-21(20)24-15-10-19(11-16-24)22(27)25-13-4-3-5-14-25/h6-9,12,19H,3-5,10-11,13-16H2,1-2H3. The second-order valence-corrected chi connectivity index (χ2v) is 7.94. The molecule has 0 N–H and O–H groups in total. The Hall–Kier alpha value is -2.30. The molecule has 0 bridgehead atoms. The Kier molecular flexibility index (Phi) is 5.19. The number of carbonyl (C=O) groups excluding carboxylic acids is 1. The lowest BCUT2D eigenvalue weighted by molar-refractivity contribution is -0.137. The van der Waals surface area contributed by atoms with Crippen LogP contribution in [0, 0.1) is 19.8 Å². The van der Waals surface area contributed by atoms with Crippen molar-refractivity contribution >= 4 is 11.7 Å². The van der Waals surface area contributed by atoms with Gasteiger partial charge in [0.25, 0.3) is 0 Å². The second-order valence-electron chi connectivity index (χ2n) is 7.94. The van der Waals surface area contributed by atoms with Gasteiger partial charge < -0.3 is 14.4 Å². The third-order valence-electron chi connectivity index (χ3n) is 6.09. The maximum Gasteiger partial charge on any atom is 0.225 e. The lowest BCUT2D eigenvalue weighted by Crippen LogP contribution is -2.44. The number of likely N-dealkylation sites (tertiary alicyclic amines) is 1. The van der Waals surface area contributed by atoms with Crippen LogP contribution in [0.2, 0.25) is 0 Å². The van der Waals surface area contributed by atoms with E-state index in [0.717, 1.165) is 63.4 Å². The number of hydrogen-bond donors (Lipinski definition) is 0. The van der Waals surface area contributed by atoms with E-state index in [0.29, 0.717) is 5.91 Å². The average molecular weight is 367 g/mol. The summed E-state index contributed by atoms with van der Waals surface area (Å²) in [5, 5.41) is 0. The van der Waals surface area contributed by atoms with Crippen LogP contribution in [0.4, 0.5) is 5.82 Å². The highest BCUT2D eigenvalue weighted by atomic mass is 16.2. The number of aryl methyl sites for hydroxylation is 2.